The molecule has 0 saturated carbocycles. The van der Waals surface area contributed by atoms with Crippen molar-refractivity contribution < 1.29 is 13.2 Å². The fraction of sp³-hybridized carbons (Fsp3) is 0.0417. The average Bonchev–Trinajstić information content (AvgIpc) is 2.78. The lowest BCUT2D eigenvalue weighted by molar-refractivity contribution is -0.137. The Balaban J connectivity index is 1.83. The molecule has 152 valence electrons. The molecule has 7 heteroatoms. The molecule has 0 unspecified atom stereocenters. The molecule has 31 heavy (non-hydrogen) atoms. The van der Waals surface area contributed by atoms with Crippen molar-refractivity contribution in [2.75, 3.05) is 0 Å². The molecule has 4 aromatic rings. The van der Waals surface area contributed by atoms with Gasteiger partial charge in [0.15, 0.2) is 5.65 Å². The molecule has 0 aliphatic carbocycles. The van der Waals surface area contributed by atoms with Gasteiger partial charge in [-0.1, -0.05) is 24.1 Å². The molecule has 4 rings (SSSR count). The third kappa shape index (κ3) is 4.09. The van der Waals surface area contributed by atoms with E-state index in [-0.39, 0.29) is 17.0 Å². The number of terminal acetylenes is 1. The number of hydrogen-bond acceptors (Lipinski definition) is 3. The SMILES string of the molecule is C#Cc1ccc(-n2c(C=Cc3ccc(C(F)(F)F)cc3)nc3ncccc3c2=O)cc1. The molecule has 0 bridgehead atoms. The minimum atomic E-state index is -4.40. The Labute approximate surface area is 175 Å². The van der Waals surface area contributed by atoms with Crippen molar-refractivity contribution in [2.45, 2.75) is 6.18 Å². The van der Waals surface area contributed by atoms with Crippen LogP contribution < -0.4 is 5.56 Å². The normalized spacial score (nSPS) is 11.7. The second-order valence-electron chi connectivity index (χ2n) is 6.63. The van der Waals surface area contributed by atoms with E-state index in [2.05, 4.69) is 15.9 Å². The Morgan fingerprint density at radius 2 is 1.68 bits per heavy atom. The summed E-state index contributed by atoms with van der Waals surface area (Å²) in [6.07, 6.45) is 5.68. The van der Waals surface area contributed by atoms with Crippen molar-refractivity contribution in [1.82, 2.24) is 14.5 Å². The molecule has 0 fully saturated rings. The van der Waals surface area contributed by atoms with Gasteiger partial charge in [0.05, 0.1) is 16.6 Å². The number of fused-ring (bicyclic) bond motifs is 1. The van der Waals surface area contributed by atoms with Gasteiger partial charge in [0, 0.05) is 11.8 Å². The lowest BCUT2D eigenvalue weighted by atomic mass is 10.1. The summed E-state index contributed by atoms with van der Waals surface area (Å²) >= 11 is 0. The summed E-state index contributed by atoms with van der Waals surface area (Å²) in [6, 6.07) is 14.8. The highest BCUT2D eigenvalue weighted by Gasteiger charge is 2.29. The highest BCUT2D eigenvalue weighted by molar-refractivity contribution is 5.76. The van der Waals surface area contributed by atoms with Gasteiger partial charge in [-0.05, 0) is 60.2 Å². The van der Waals surface area contributed by atoms with E-state index in [1.165, 1.54) is 22.9 Å². The Bertz CT molecular complexity index is 1380. The third-order valence-corrected chi connectivity index (χ3v) is 4.62. The lowest BCUT2D eigenvalue weighted by Crippen LogP contribution is -2.22. The maximum Gasteiger partial charge on any atom is 0.416 e. The van der Waals surface area contributed by atoms with Gasteiger partial charge in [-0.2, -0.15) is 13.2 Å². The molecular formula is C24H14F3N3O. The van der Waals surface area contributed by atoms with E-state index in [4.69, 9.17) is 6.42 Å². The van der Waals surface area contributed by atoms with Crippen LogP contribution in [0.3, 0.4) is 0 Å². The molecule has 2 heterocycles. The Morgan fingerprint density at radius 3 is 2.32 bits per heavy atom. The van der Waals surface area contributed by atoms with Crippen molar-refractivity contribution in [1.29, 1.82) is 0 Å². The molecule has 0 aliphatic rings. The molecule has 0 amide bonds. The summed E-state index contributed by atoms with van der Waals surface area (Å²) in [5.41, 5.74) is 0.957. The zero-order valence-corrected chi connectivity index (χ0v) is 16.0. The van der Waals surface area contributed by atoms with Gasteiger partial charge in [-0.15, -0.1) is 6.42 Å². The van der Waals surface area contributed by atoms with Gasteiger partial charge in [0.25, 0.3) is 5.56 Å². The smallest absolute Gasteiger partial charge is 0.268 e. The predicted octanol–water partition coefficient (Wildman–Crippen LogP) is 4.95. The van der Waals surface area contributed by atoms with Crippen molar-refractivity contribution >= 4 is 23.2 Å². The predicted molar refractivity (Wildman–Crippen MR) is 113 cm³/mol. The van der Waals surface area contributed by atoms with E-state index in [0.717, 1.165) is 12.1 Å². The maximum atomic E-state index is 13.2. The zero-order chi connectivity index (χ0) is 22.0. The first-order chi connectivity index (χ1) is 14.9. The molecule has 0 radical (unpaired) electrons. The quantitative estimate of drug-likeness (QED) is 0.443. The fourth-order valence-corrected chi connectivity index (χ4v) is 3.06. The highest BCUT2D eigenvalue weighted by atomic mass is 19.4. The third-order valence-electron chi connectivity index (χ3n) is 4.62. The Kier molecular flexibility index (Phi) is 5.14. The monoisotopic (exact) mass is 417 g/mol. The summed E-state index contributed by atoms with van der Waals surface area (Å²) < 4.78 is 39.7. The standard InChI is InChI=1S/C24H14F3N3O/c1-2-16-7-12-19(13-8-16)30-21(29-22-20(23(30)31)4-3-15-28-22)14-9-17-5-10-18(11-6-17)24(25,26)27/h1,3-15H. The highest BCUT2D eigenvalue weighted by Crippen LogP contribution is 2.29. The summed E-state index contributed by atoms with van der Waals surface area (Å²) in [4.78, 5) is 21.8. The fourth-order valence-electron chi connectivity index (χ4n) is 3.06. The molecular weight excluding hydrogens is 403 g/mol. The molecule has 2 aromatic carbocycles. The van der Waals surface area contributed by atoms with E-state index in [1.54, 1.807) is 48.6 Å². The summed E-state index contributed by atoms with van der Waals surface area (Å²) in [5.74, 6) is 2.80. The number of rotatable bonds is 3. The van der Waals surface area contributed by atoms with Crippen molar-refractivity contribution in [3.63, 3.8) is 0 Å². The minimum absolute atomic E-state index is 0.274. The van der Waals surface area contributed by atoms with Gasteiger partial charge in [0.1, 0.15) is 5.82 Å². The van der Waals surface area contributed by atoms with Gasteiger partial charge < -0.3 is 0 Å². The number of aromatic nitrogens is 3. The number of nitrogens with zero attached hydrogens (tertiary/aromatic N) is 3. The first kappa shape index (κ1) is 20.1. The average molecular weight is 417 g/mol. The minimum Gasteiger partial charge on any atom is -0.268 e. The van der Waals surface area contributed by atoms with Gasteiger partial charge in [-0.25, -0.2) is 9.97 Å². The summed E-state index contributed by atoms with van der Waals surface area (Å²) in [7, 11) is 0. The number of hydrogen-bond donors (Lipinski definition) is 0. The second-order valence-corrected chi connectivity index (χ2v) is 6.63. The molecule has 0 spiro atoms. The zero-order valence-electron chi connectivity index (χ0n) is 16.0. The number of benzene rings is 2. The van der Waals surface area contributed by atoms with Crippen LogP contribution in [0.2, 0.25) is 0 Å². The van der Waals surface area contributed by atoms with Crippen LogP contribution in [0.25, 0.3) is 28.9 Å². The molecule has 2 aromatic heterocycles. The lowest BCUT2D eigenvalue weighted by Gasteiger charge is -2.11. The molecule has 4 nitrogen and oxygen atoms in total. The second kappa shape index (κ2) is 7.92. The van der Waals surface area contributed by atoms with Crippen LogP contribution in [0.15, 0.2) is 71.7 Å². The van der Waals surface area contributed by atoms with E-state index in [0.29, 0.717) is 22.2 Å². The van der Waals surface area contributed by atoms with Crippen LogP contribution in [0.5, 0.6) is 0 Å². The van der Waals surface area contributed by atoms with Crippen LogP contribution in [-0.2, 0) is 6.18 Å². The number of pyridine rings is 1. The molecule has 0 atom stereocenters. The largest absolute Gasteiger partial charge is 0.416 e. The summed E-state index contributed by atoms with van der Waals surface area (Å²) in [5, 5.41) is 0.343. The van der Waals surface area contributed by atoms with Crippen molar-refractivity contribution in [3.8, 4) is 18.0 Å². The van der Waals surface area contributed by atoms with Crippen LogP contribution in [-0.4, -0.2) is 14.5 Å². The van der Waals surface area contributed by atoms with Crippen molar-refractivity contribution in [2.24, 2.45) is 0 Å². The Hall–Kier alpha value is -4.18. The number of halogens is 3. The molecule has 0 aliphatic heterocycles. The van der Waals surface area contributed by atoms with Gasteiger partial charge >= 0.3 is 6.18 Å². The van der Waals surface area contributed by atoms with E-state index in [1.807, 2.05) is 0 Å². The Morgan fingerprint density at radius 1 is 0.968 bits per heavy atom. The number of alkyl halides is 3. The molecule has 0 saturated heterocycles. The van der Waals surface area contributed by atoms with Crippen LogP contribution >= 0.6 is 0 Å². The first-order valence-corrected chi connectivity index (χ1v) is 9.17. The topological polar surface area (TPSA) is 47.8 Å². The van der Waals surface area contributed by atoms with Gasteiger partial charge in [0.2, 0.25) is 0 Å². The van der Waals surface area contributed by atoms with Crippen LogP contribution in [0.1, 0.15) is 22.5 Å². The van der Waals surface area contributed by atoms with Crippen LogP contribution in [0.4, 0.5) is 13.2 Å². The van der Waals surface area contributed by atoms with Gasteiger partial charge in [-0.3, -0.25) is 9.36 Å². The van der Waals surface area contributed by atoms with Crippen molar-refractivity contribution in [3.05, 3.63) is 99.7 Å². The van der Waals surface area contributed by atoms with E-state index < -0.39 is 11.7 Å². The van der Waals surface area contributed by atoms with E-state index in [9.17, 15) is 18.0 Å². The summed E-state index contributed by atoms with van der Waals surface area (Å²) in [6.45, 7) is 0. The van der Waals surface area contributed by atoms with E-state index >= 15 is 0 Å². The molecule has 0 N–H and O–H groups in total. The first-order valence-electron chi connectivity index (χ1n) is 9.17. The van der Waals surface area contributed by atoms with Crippen LogP contribution in [0, 0.1) is 12.3 Å². The maximum absolute atomic E-state index is 13.2.